The van der Waals surface area contributed by atoms with E-state index in [1.165, 1.54) is 6.07 Å². The van der Waals surface area contributed by atoms with Gasteiger partial charge in [0, 0.05) is 18.5 Å². The summed E-state index contributed by atoms with van der Waals surface area (Å²) in [5, 5.41) is 12.0. The minimum Gasteiger partial charge on any atom is -0.507 e. The van der Waals surface area contributed by atoms with Gasteiger partial charge in [-0.25, -0.2) is 0 Å². The minimum atomic E-state index is -4.56. The molecule has 0 saturated carbocycles. The van der Waals surface area contributed by atoms with E-state index in [1.54, 1.807) is 7.05 Å². The molecule has 0 aliphatic heterocycles. The Labute approximate surface area is 97.5 Å². The van der Waals surface area contributed by atoms with Crippen LogP contribution in [0.15, 0.2) is 18.2 Å². The highest BCUT2D eigenvalue weighted by Crippen LogP contribution is 2.35. The molecule has 0 heterocycles. The van der Waals surface area contributed by atoms with E-state index in [0.29, 0.717) is 13.0 Å². The van der Waals surface area contributed by atoms with Crippen LogP contribution in [0.1, 0.15) is 17.5 Å². The summed E-state index contributed by atoms with van der Waals surface area (Å²) in [7, 11) is 1.77. The number of benzene rings is 1. The Balaban J connectivity index is 2.92. The van der Waals surface area contributed by atoms with Crippen molar-refractivity contribution >= 4 is 0 Å². The monoisotopic (exact) mass is 243 g/mol. The number of rotatable bonds is 2. The molecule has 0 saturated heterocycles. The highest BCUT2D eigenvalue weighted by molar-refractivity contribution is 5.44. The molecule has 17 heavy (non-hydrogen) atoms. The Hall–Kier alpha value is -1.67. The largest absolute Gasteiger partial charge is 0.507 e. The fourth-order valence-corrected chi connectivity index (χ4v) is 1.19. The second kappa shape index (κ2) is 5.60. The van der Waals surface area contributed by atoms with Gasteiger partial charge in [0.25, 0.3) is 0 Å². The van der Waals surface area contributed by atoms with Crippen LogP contribution in [0, 0.1) is 11.8 Å². The number of hydrogen-bond donors (Lipinski definition) is 2. The molecule has 2 nitrogen and oxygen atoms in total. The molecule has 0 aliphatic carbocycles. The standard InChI is InChI=1S/C12H12F3NO/c1-16-7-3-2-4-9-5-6-11(17)10(8-9)12(13,14)15/h5-6,8,16-17H,3,7H2,1H3. The molecule has 0 amide bonds. The molecule has 1 rings (SSSR count). The normalized spacial score (nSPS) is 10.8. The molecule has 1 aromatic rings. The number of halogens is 3. The van der Waals surface area contributed by atoms with Gasteiger partial charge < -0.3 is 10.4 Å². The Kier molecular flexibility index (Phi) is 4.41. The lowest BCUT2D eigenvalue weighted by Gasteiger charge is -2.08. The van der Waals surface area contributed by atoms with Crippen molar-refractivity contribution in [3.05, 3.63) is 29.3 Å². The van der Waals surface area contributed by atoms with Gasteiger partial charge in [-0.2, -0.15) is 13.2 Å². The minimum absolute atomic E-state index is 0.242. The Morgan fingerprint density at radius 3 is 2.65 bits per heavy atom. The van der Waals surface area contributed by atoms with E-state index < -0.39 is 17.5 Å². The SMILES string of the molecule is CNCCC#Cc1ccc(O)c(C(F)(F)F)c1. The van der Waals surface area contributed by atoms with Gasteiger partial charge in [-0.3, -0.25) is 0 Å². The van der Waals surface area contributed by atoms with E-state index in [2.05, 4.69) is 17.2 Å². The molecule has 0 bridgehead atoms. The number of phenols is 1. The zero-order valence-corrected chi connectivity index (χ0v) is 9.23. The summed E-state index contributed by atoms with van der Waals surface area (Å²) in [5.41, 5.74) is -0.816. The molecule has 0 radical (unpaired) electrons. The molecule has 0 atom stereocenters. The smallest absolute Gasteiger partial charge is 0.419 e. The molecule has 1 aromatic carbocycles. The summed E-state index contributed by atoms with van der Waals surface area (Å²) in [5.74, 6) is 4.58. The number of hydrogen-bond acceptors (Lipinski definition) is 2. The lowest BCUT2D eigenvalue weighted by Crippen LogP contribution is -2.06. The number of phenolic OH excluding ortho intramolecular Hbond substituents is 1. The molecular weight excluding hydrogens is 231 g/mol. The van der Waals surface area contributed by atoms with Crippen LogP contribution in [0.4, 0.5) is 13.2 Å². The Bertz CT molecular complexity index is 443. The van der Waals surface area contributed by atoms with Crippen molar-refractivity contribution in [3.8, 4) is 17.6 Å². The zero-order valence-electron chi connectivity index (χ0n) is 9.23. The summed E-state index contributed by atoms with van der Waals surface area (Å²) in [6, 6.07) is 3.21. The van der Waals surface area contributed by atoms with E-state index in [1.807, 2.05) is 0 Å². The Morgan fingerprint density at radius 1 is 1.35 bits per heavy atom. The first-order valence-electron chi connectivity index (χ1n) is 4.99. The molecule has 0 aliphatic rings. The number of alkyl halides is 3. The molecular formula is C12H12F3NO. The van der Waals surface area contributed by atoms with Crippen LogP contribution in [0.2, 0.25) is 0 Å². The topological polar surface area (TPSA) is 32.3 Å². The van der Waals surface area contributed by atoms with Gasteiger partial charge in [0.05, 0.1) is 5.56 Å². The van der Waals surface area contributed by atoms with Crippen molar-refractivity contribution in [1.82, 2.24) is 5.32 Å². The predicted octanol–water partition coefficient (Wildman–Crippen LogP) is 2.37. The van der Waals surface area contributed by atoms with Gasteiger partial charge in [-0.05, 0) is 25.2 Å². The van der Waals surface area contributed by atoms with E-state index in [-0.39, 0.29) is 5.56 Å². The van der Waals surface area contributed by atoms with Crippen LogP contribution in [-0.2, 0) is 6.18 Å². The van der Waals surface area contributed by atoms with Crippen molar-refractivity contribution in [2.75, 3.05) is 13.6 Å². The van der Waals surface area contributed by atoms with Crippen LogP contribution >= 0.6 is 0 Å². The lowest BCUT2D eigenvalue weighted by atomic mass is 10.1. The molecule has 0 unspecified atom stereocenters. The van der Waals surface area contributed by atoms with E-state index in [4.69, 9.17) is 5.11 Å². The van der Waals surface area contributed by atoms with Crippen molar-refractivity contribution < 1.29 is 18.3 Å². The van der Waals surface area contributed by atoms with E-state index >= 15 is 0 Å². The molecule has 2 N–H and O–H groups in total. The summed E-state index contributed by atoms with van der Waals surface area (Å²) >= 11 is 0. The average Bonchev–Trinajstić information content (AvgIpc) is 2.25. The van der Waals surface area contributed by atoms with Gasteiger partial charge in [-0.1, -0.05) is 11.8 Å². The second-order valence-electron chi connectivity index (χ2n) is 3.39. The van der Waals surface area contributed by atoms with Crippen molar-refractivity contribution in [3.63, 3.8) is 0 Å². The molecule has 92 valence electrons. The summed E-state index contributed by atoms with van der Waals surface area (Å²) in [6.45, 7) is 0.678. The maximum absolute atomic E-state index is 12.5. The third kappa shape index (κ3) is 4.00. The van der Waals surface area contributed by atoms with Crippen LogP contribution in [0.25, 0.3) is 0 Å². The van der Waals surface area contributed by atoms with Gasteiger partial charge in [0.1, 0.15) is 5.75 Å². The van der Waals surface area contributed by atoms with E-state index in [9.17, 15) is 13.2 Å². The zero-order chi connectivity index (χ0) is 12.9. The van der Waals surface area contributed by atoms with Gasteiger partial charge >= 0.3 is 6.18 Å². The molecule has 0 fully saturated rings. The molecule has 0 spiro atoms. The highest BCUT2D eigenvalue weighted by Gasteiger charge is 2.33. The fraction of sp³-hybridized carbons (Fsp3) is 0.333. The van der Waals surface area contributed by atoms with Crippen molar-refractivity contribution in [2.24, 2.45) is 0 Å². The molecule has 0 aromatic heterocycles. The van der Waals surface area contributed by atoms with Crippen molar-refractivity contribution in [2.45, 2.75) is 12.6 Å². The predicted molar refractivity (Wildman–Crippen MR) is 58.5 cm³/mol. The quantitative estimate of drug-likeness (QED) is 0.617. The first-order chi connectivity index (χ1) is 7.95. The van der Waals surface area contributed by atoms with Gasteiger partial charge in [0.2, 0.25) is 0 Å². The third-order valence-corrected chi connectivity index (χ3v) is 2.03. The number of nitrogens with one attached hydrogen (secondary N) is 1. The van der Waals surface area contributed by atoms with Crippen LogP contribution in [-0.4, -0.2) is 18.7 Å². The Morgan fingerprint density at radius 2 is 2.06 bits per heavy atom. The lowest BCUT2D eigenvalue weighted by molar-refractivity contribution is -0.138. The second-order valence-corrected chi connectivity index (χ2v) is 3.39. The summed E-state index contributed by atoms with van der Waals surface area (Å²) in [6.07, 6.45) is -4.01. The fourth-order valence-electron chi connectivity index (χ4n) is 1.19. The van der Waals surface area contributed by atoms with Crippen molar-refractivity contribution in [1.29, 1.82) is 0 Å². The maximum Gasteiger partial charge on any atom is 0.419 e. The summed E-state index contributed by atoms with van der Waals surface area (Å²) < 4.78 is 37.4. The first-order valence-corrected chi connectivity index (χ1v) is 4.99. The van der Waals surface area contributed by atoms with Crippen LogP contribution in [0.5, 0.6) is 5.75 Å². The van der Waals surface area contributed by atoms with Gasteiger partial charge in [-0.15, -0.1) is 0 Å². The first kappa shape index (κ1) is 13.4. The van der Waals surface area contributed by atoms with Crippen LogP contribution < -0.4 is 5.32 Å². The highest BCUT2D eigenvalue weighted by atomic mass is 19.4. The molecule has 5 heteroatoms. The average molecular weight is 243 g/mol. The third-order valence-electron chi connectivity index (χ3n) is 2.03. The summed E-state index contributed by atoms with van der Waals surface area (Å²) in [4.78, 5) is 0. The van der Waals surface area contributed by atoms with Crippen LogP contribution in [0.3, 0.4) is 0 Å². The number of aromatic hydroxyl groups is 1. The maximum atomic E-state index is 12.5. The van der Waals surface area contributed by atoms with E-state index in [0.717, 1.165) is 12.1 Å². The van der Waals surface area contributed by atoms with Gasteiger partial charge in [0.15, 0.2) is 0 Å².